The molecule has 4 rings (SSSR count). The lowest BCUT2D eigenvalue weighted by Crippen LogP contribution is -2.75. The third-order valence-corrected chi connectivity index (χ3v) is 5.66. The summed E-state index contributed by atoms with van der Waals surface area (Å²) in [6.45, 7) is 0. The summed E-state index contributed by atoms with van der Waals surface area (Å²) in [5.41, 5.74) is 1.33. The first kappa shape index (κ1) is 1.72. The van der Waals surface area contributed by atoms with Crippen molar-refractivity contribution in [3.63, 3.8) is 0 Å². The smallest absolute Gasteiger partial charge is 0.272 e. The van der Waals surface area contributed by atoms with E-state index in [0.29, 0.717) is 11.4 Å². The summed E-state index contributed by atoms with van der Waals surface area (Å²) in [4.78, 5) is 0. The quantitative estimate of drug-likeness (QED) is 0.279. The highest BCUT2D eigenvalue weighted by Gasteiger charge is 3.05. The first-order chi connectivity index (χ1) is 2.98. The van der Waals surface area contributed by atoms with Crippen LogP contribution in [0.25, 0.3) is 0 Å². The molecule has 2 spiro atoms. The number of hydrogen-bond acceptors (Lipinski definition) is 0. The van der Waals surface area contributed by atoms with Crippen molar-refractivity contribution in [2.24, 2.45) is 0 Å². The highest BCUT2D eigenvalue weighted by Crippen LogP contribution is 2.99. The van der Waals surface area contributed by atoms with Gasteiger partial charge in [-0.25, -0.2) is 0 Å². The molecular weight excluding hydrogens is 64.9 g/mol. The summed E-state index contributed by atoms with van der Waals surface area (Å²) in [6.07, 6.45) is 6.00. The second-order valence-corrected chi connectivity index (χ2v) is 4.62. The second-order valence-electron chi connectivity index (χ2n) is 4.62. The normalized spacial score (nSPS) is 56.0. The molecule has 0 nitrogen and oxygen atoms in total. The molecule has 0 N–H and O–H groups in total. The largest absolute Gasteiger partial charge is 0.364 e. The SMILES string of the molecule is B12B3[B-]14B1B4[B-]231. The molecule has 4 aliphatic heterocycles. The minimum absolute atomic E-state index is 0.667. The lowest BCUT2D eigenvalue weighted by molar-refractivity contribution is 3.38. The van der Waals surface area contributed by atoms with Gasteiger partial charge in [0, 0.05) is 0 Å². The molecule has 4 fully saturated rings. The van der Waals surface area contributed by atoms with Gasteiger partial charge in [0.1, 0.15) is 0 Å². The predicted molar refractivity (Wildman–Crippen MR) is 34.5 cm³/mol. The fourth-order valence-electron chi connectivity index (χ4n) is 5.80. The molecule has 4 aliphatic rings. The van der Waals surface area contributed by atoms with E-state index in [0.717, 1.165) is 0 Å². The van der Waals surface area contributed by atoms with Crippen LogP contribution in [0.3, 0.4) is 0 Å². The van der Waals surface area contributed by atoms with Crippen molar-refractivity contribution in [3.8, 4) is 0 Å². The molecule has 0 bridgehead atoms. The minimum atomic E-state index is 0.667. The lowest BCUT2D eigenvalue weighted by Gasteiger charge is -2.68. The fourth-order valence-corrected chi connectivity index (χ4v) is 5.80. The van der Waals surface area contributed by atoms with Crippen molar-refractivity contribution in [2.45, 2.75) is 0 Å². The maximum atomic E-state index is 1.50. The molecule has 0 radical (unpaired) electrons. The molecule has 20 valence electrons. The average molecular weight is 64.9 g/mol. The summed E-state index contributed by atoms with van der Waals surface area (Å²) >= 11 is 0. The summed E-state index contributed by atoms with van der Waals surface area (Å²) in [5, 5.41) is 0. The summed E-state index contributed by atoms with van der Waals surface area (Å²) in [5.74, 6) is 0. The molecule has 0 unspecified atom stereocenters. The lowest BCUT2D eigenvalue weighted by atomic mass is 8.44. The Morgan fingerprint density at radius 1 is 0.667 bits per heavy atom. The van der Waals surface area contributed by atoms with Crippen molar-refractivity contribution in [3.05, 3.63) is 0 Å². The van der Waals surface area contributed by atoms with E-state index in [1.54, 1.807) is 0 Å². The van der Waals surface area contributed by atoms with Gasteiger partial charge in [0.25, 0.3) is 0 Å². The van der Waals surface area contributed by atoms with E-state index >= 15 is 0 Å². The van der Waals surface area contributed by atoms with Gasteiger partial charge in [-0.2, -0.15) is 0 Å². The Morgan fingerprint density at radius 2 is 1.00 bits per heavy atom. The topological polar surface area (TPSA) is 0 Å². The van der Waals surface area contributed by atoms with E-state index < -0.39 is 0 Å². The number of fused-ring (bicyclic) bond motifs is 10. The molecule has 4 saturated heterocycles. The molecule has 0 aromatic carbocycles. The molecule has 0 aromatic rings. The second kappa shape index (κ2) is 0.175. The van der Waals surface area contributed by atoms with E-state index in [1.807, 2.05) is 0 Å². The number of hydrogen-bond donors (Lipinski definition) is 0. The van der Waals surface area contributed by atoms with Crippen LogP contribution in [0.4, 0.5) is 0 Å². The predicted octanol–water partition coefficient (Wildman–Crippen LogP) is -2.28. The third-order valence-electron chi connectivity index (χ3n) is 5.66. The molecule has 0 saturated carbocycles. The molecule has 4 heterocycles. The summed E-state index contributed by atoms with van der Waals surface area (Å²) in [7, 11) is 0. The van der Waals surface area contributed by atoms with Crippen LogP contribution in [0.2, 0.25) is 0 Å². The first-order valence-electron chi connectivity index (χ1n) is 3.33. The van der Waals surface area contributed by atoms with E-state index in [4.69, 9.17) is 0 Å². The Balaban J connectivity index is 2.53. The van der Waals surface area contributed by atoms with Gasteiger partial charge in [0.15, 0.2) is 0 Å². The van der Waals surface area contributed by atoms with Crippen LogP contribution in [0, 0.1) is 0 Å². The van der Waals surface area contributed by atoms with Crippen LogP contribution in [0.5, 0.6) is 0 Å². The van der Waals surface area contributed by atoms with Crippen molar-refractivity contribution in [2.75, 3.05) is 0 Å². The summed E-state index contributed by atoms with van der Waals surface area (Å²) in [6, 6.07) is 0. The van der Waals surface area contributed by atoms with Crippen molar-refractivity contribution in [1.29, 1.82) is 0 Å². The van der Waals surface area contributed by atoms with Gasteiger partial charge >= 0.3 is 0 Å². The van der Waals surface area contributed by atoms with Crippen molar-refractivity contribution >= 4 is 37.0 Å². The van der Waals surface area contributed by atoms with Crippen molar-refractivity contribution in [1.82, 2.24) is 0 Å². The van der Waals surface area contributed by atoms with E-state index in [9.17, 15) is 0 Å². The molecule has 6 heavy (non-hydrogen) atoms. The maximum absolute atomic E-state index is 1.50. The zero-order valence-corrected chi connectivity index (χ0v) is 3.46. The Labute approximate surface area is 37.8 Å². The van der Waals surface area contributed by atoms with Gasteiger partial charge in [0.05, 0.1) is 0 Å². The minimum Gasteiger partial charge on any atom is -0.364 e. The fraction of sp³-hybridized carbons (Fsp3) is 0. The van der Waals surface area contributed by atoms with Crippen LogP contribution in [0.15, 0.2) is 0 Å². The van der Waals surface area contributed by atoms with Gasteiger partial charge in [-0.3, -0.25) is 11.4 Å². The molecule has 0 amide bonds. The van der Waals surface area contributed by atoms with Crippen LogP contribution in [-0.2, 0) is 0 Å². The zero-order chi connectivity index (χ0) is 3.31. The standard InChI is InChI=1S/B6/c1-2-5(1)3-4(5)6(1,2)3/q-2. The third kappa shape index (κ3) is 0.0215. The van der Waals surface area contributed by atoms with E-state index in [-0.39, 0.29) is 0 Å². The molecular formula is B6-2. The highest BCUT2D eigenvalue weighted by molar-refractivity contribution is 9.13. The Morgan fingerprint density at radius 3 is 1.00 bits per heavy atom. The van der Waals surface area contributed by atoms with Gasteiger partial charge in [0.2, 0.25) is 0 Å². The van der Waals surface area contributed by atoms with Gasteiger partial charge in [-0.15, -0.1) is 0 Å². The monoisotopic (exact) mass is 66.1 g/mol. The maximum Gasteiger partial charge on any atom is -0.272 e. The molecule has 6 heteroatoms. The van der Waals surface area contributed by atoms with Crippen LogP contribution >= 0.6 is 0 Å². The van der Waals surface area contributed by atoms with Crippen LogP contribution in [0.1, 0.15) is 0 Å². The number of rotatable bonds is 0. The Bertz CT molecular complexity index is 145. The molecule has 0 aliphatic carbocycles. The average Bonchev–Trinajstić information content (AvgIpc) is 2.12. The molecule has 0 aromatic heterocycles. The highest BCUT2D eigenvalue weighted by atomic mass is 14.2. The Kier molecular flexibility index (Phi) is 0.0500. The van der Waals surface area contributed by atoms with Crippen LogP contribution in [-0.4, -0.2) is 37.0 Å². The van der Waals surface area contributed by atoms with Gasteiger partial charge in [-0.1, -0.05) is 0 Å². The summed E-state index contributed by atoms with van der Waals surface area (Å²) < 4.78 is 0. The Hall–Kier alpha value is 0.390. The first-order valence-corrected chi connectivity index (χ1v) is 3.33. The van der Waals surface area contributed by atoms with E-state index in [1.165, 1.54) is 25.5 Å². The van der Waals surface area contributed by atoms with Crippen LogP contribution < -0.4 is 0 Å². The molecule has 0 atom stereocenters. The van der Waals surface area contributed by atoms with E-state index in [2.05, 4.69) is 0 Å². The van der Waals surface area contributed by atoms with Crippen molar-refractivity contribution < 1.29 is 0 Å². The van der Waals surface area contributed by atoms with Gasteiger partial charge < -0.3 is 25.5 Å². The zero-order valence-electron chi connectivity index (χ0n) is 3.46. The van der Waals surface area contributed by atoms with Gasteiger partial charge in [-0.05, 0) is 0 Å².